The zero-order valence-electron chi connectivity index (χ0n) is 17.8. The summed E-state index contributed by atoms with van der Waals surface area (Å²) in [5, 5.41) is 9.05. The van der Waals surface area contributed by atoms with Crippen LogP contribution in [0.1, 0.15) is 33.5 Å². The second-order valence-corrected chi connectivity index (χ2v) is 7.08. The molecular weight excluding hydrogens is 404 g/mol. The minimum Gasteiger partial charge on any atom is -0.493 e. The number of aliphatic carboxylic acids is 1. The van der Waals surface area contributed by atoms with Gasteiger partial charge in [0, 0.05) is 36.6 Å². The minimum absolute atomic E-state index is 0.0188. The maximum absolute atomic E-state index is 12.4. The van der Waals surface area contributed by atoms with Gasteiger partial charge in [-0.1, -0.05) is 54.3 Å². The first-order valence-corrected chi connectivity index (χ1v) is 10.2. The molecule has 0 saturated heterocycles. The second-order valence-electron chi connectivity index (χ2n) is 7.08. The van der Waals surface area contributed by atoms with Crippen LogP contribution in [-0.2, 0) is 16.0 Å². The van der Waals surface area contributed by atoms with Crippen LogP contribution in [0, 0.1) is 11.8 Å². The van der Waals surface area contributed by atoms with Crippen LogP contribution in [0.2, 0.25) is 0 Å². The molecule has 162 valence electrons. The quantitative estimate of drug-likeness (QED) is 0.311. The van der Waals surface area contributed by atoms with Gasteiger partial charge in [0.25, 0.3) is 0 Å². The molecule has 0 spiro atoms. The van der Waals surface area contributed by atoms with Crippen molar-refractivity contribution in [1.82, 2.24) is 0 Å². The van der Waals surface area contributed by atoms with Gasteiger partial charge in [0.15, 0.2) is 11.9 Å². The third-order valence-electron chi connectivity index (χ3n) is 4.82. The number of carboxylic acid groups (broad SMARTS) is 1. The molecule has 0 radical (unpaired) electrons. The van der Waals surface area contributed by atoms with E-state index in [1.54, 1.807) is 36.4 Å². The van der Waals surface area contributed by atoms with Gasteiger partial charge in [-0.15, -0.1) is 0 Å². The van der Waals surface area contributed by atoms with Crippen LogP contribution in [0.3, 0.4) is 0 Å². The van der Waals surface area contributed by atoms with E-state index in [9.17, 15) is 9.59 Å². The summed E-state index contributed by atoms with van der Waals surface area (Å²) in [6, 6.07) is 23.7. The third kappa shape index (κ3) is 6.56. The molecule has 0 aliphatic heterocycles. The lowest BCUT2D eigenvalue weighted by molar-refractivity contribution is -0.148. The maximum Gasteiger partial charge on any atom is 0.333 e. The van der Waals surface area contributed by atoms with Gasteiger partial charge in [-0.25, -0.2) is 4.79 Å². The maximum atomic E-state index is 12.4. The molecule has 0 saturated carbocycles. The summed E-state index contributed by atoms with van der Waals surface area (Å²) in [5.74, 6) is 5.82. The van der Waals surface area contributed by atoms with Gasteiger partial charge in [0.05, 0.1) is 6.61 Å². The van der Waals surface area contributed by atoms with Crippen molar-refractivity contribution in [2.24, 2.45) is 0 Å². The molecule has 0 aromatic heterocycles. The number of benzene rings is 3. The molecule has 3 aromatic rings. The van der Waals surface area contributed by atoms with Crippen LogP contribution in [0.25, 0.3) is 0 Å². The molecule has 32 heavy (non-hydrogen) atoms. The summed E-state index contributed by atoms with van der Waals surface area (Å²) in [7, 11) is 1.39. The van der Waals surface area contributed by atoms with Gasteiger partial charge in [0.1, 0.15) is 5.75 Å². The van der Waals surface area contributed by atoms with Crippen molar-refractivity contribution >= 4 is 11.8 Å². The Labute approximate surface area is 187 Å². The first kappa shape index (κ1) is 22.8. The lowest BCUT2D eigenvalue weighted by Gasteiger charge is -2.10. The number of methoxy groups -OCH3 is 1. The molecule has 1 unspecified atom stereocenters. The van der Waals surface area contributed by atoms with E-state index >= 15 is 0 Å². The molecule has 0 amide bonds. The lowest BCUT2D eigenvalue weighted by Crippen LogP contribution is -2.24. The number of carbonyl (C=O) groups excluding carboxylic acids is 1. The van der Waals surface area contributed by atoms with Crippen molar-refractivity contribution in [2.45, 2.75) is 18.9 Å². The zero-order chi connectivity index (χ0) is 22.8. The highest BCUT2D eigenvalue weighted by Crippen LogP contribution is 2.15. The Bertz CT molecular complexity index is 1090. The number of ketones is 1. The summed E-state index contributed by atoms with van der Waals surface area (Å²) in [6.07, 6.45) is 0.00922. The Morgan fingerprint density at radius 2 is 1.56 bits per heavy atom. The van der Waals surface area contributed by atoms with Crippen molar-refractivity contribution < 1.29 is 24.2 Å². The lowest BCUT2D eigenvalue weighted by atomic mass is 10.0. The molecule has 0 aliphatic carbocycles. The van der Waals surface area contributed by atoms with Crippen LogP contribution >= 0.6 is 0 Å². The number of ether oxygens (including phenoxy) is 2. The number of hydrogen-bond donors (Lipinski definition) is 1. The van der Waals surface area contributed by atoms with Gasteiger partial charge < -0.3 is 14.6 Å². The average molecular weight is 428 g/mol. The Hall–Kier alpha value is -3.88. The largest absolute Gasteiger partial charge is 0.493 e. The van der Waals surface area contributed by atoms with Crippen LogP contribution in [0.4, 0.5) is 0 Å². The third-order valence-corrected chi connectivity index (χ3v) is 4.82. The highest BCUT2D eigenvalue weighted by Gasteiger charge is 2.16. The summed E-state index contributed by atoms with van der Waals surface area (Å²) in [5.41, 5.74) is 3.00. The Morgan fingerprint density at radius 3 is 2.19 bits per heavy atom. The standard InChI is InChI=1S/C27H24O5/c1-31-25(27(29)30)19-21-12-10-20(11-13-21)7-5-6-18-32-24-16-14-23(15-17-24)26(28)22-8-3-2-4-9-22/h2-4,8-17,25H,6,18-19H2,1H3,(H,29,30). The molecule has 3 rings (SSSR count). The SMILES string of the molecule is COC(Cc1ccc(C#CCCOc2ccc(C(=O)c3ccccc3)cc2)cc1)C(=O)O. The van der Waals surface area contributed by atoms with Gasteiger partial charge in [-0.05, 0) is 42.0 Å². The van der Waals surface area contributed by atoms with Crippen LogP contribution < -0.4 is 4.74 Å². The molecule has 0 heterocycles. The van der Waals surface area contributed by atoms with Crippen LogP contribution in [-0.4, -0.2) is 36.7 Å². The fourth-order valence-corrected chi connectivity index (χ4v) is 3.05. The first-order valence-electron chi connectivity index (χ1n) is 10.2. The normalized spacial score (nSPS) is 11.2. The van der Waals surface area contributed by atoms with E-state index in [1.165, 1.54) is 7.11 Å². The number of hydrogen-bond acceptors (Lipinski definition) is 4. The van der Waals surface area contributed by atoms with Gasteiger partial charge in [-0.2, -0.15) is 0 Å². The zero-order valence-corrected chi connectivity index (χ0v) is 17.8. The summed E-state index contributed by atoms with van der Waals surface area (Å²) < 4.78 is 10.7. The summed E-state index contributed by atoms with van der Waals surface area (Å²) in [4.78, 5) is 23.5. The number of carboxylic acids is 1. The Balaban J connectivity index is 1.46. The Morgan fingerprint density at radius 1 is 0.906 bits per heavy atom. The predicted octanol–water partition coefficient (Wildman–Crippen LogP) is 4.38. The van der Waals surface area contributed by atoms with Gasteiger partial charge in [0.2, 0.25) is 0 Å². The van der Waals surface area contributed by atoms with Crippen LogP contribution in [0.15, 0.2) is 78.9 Å². The molecule has 0 bridgehead atoms. The van der Waals surface area contributed by atoms with Crippen molar-refractivity contribution in [1.29, 1.82) is 0 Å². The molecule has 0 aliphatic rings. The fourth-order valence-electron chi connectivity index (χ4n) is 3.05. The molecule has 1 N–H and O–H groups in total. The molecular formula is C27H24O5. The monoisotopic (exact) mass is 428 g/mol. The smallest absolute Gasteiger partial charge is 0.333 e. The minimum atomic E-state index is -0.978. The van der Waals surface area contributed by atoms with Crippen molar-refractivity contribution in [3.63, 3.8) is 0 Å². The van der Waals surface area contributed by atoms with Crippen LogP contribution in [0.5, 0.6) is 5.75 Å². The number of rotatable bonds is 9. The molecule has 3 aromatic carbocycles. The van der Waals surface area contributed by atoms with E-state index in [0.717, 1.165) is 11.1 Å². The summed E-state index contributed by atoms with van der Waals surface area (Å²) in [6.45, 7) is 0.436. The first-order chi connectivity index (χ1) is 15.6. The molecule has 0 fully saturated rings. The van der Waals surface area contributed by atoms with E-state index in [4.69, 9.17) is 14.6 Å². The van der Waals surface area contributed by atoms with E-state index in [-0.39, 0.29) is 5.78 Å². The highest BCUT2D eigenvalue weighted by atomic mass is 16.5. The topological polar surface area (TPSA) is 72.8 Å². The fraction of sp³-hybridized carbons (Fsp3) is 0.185. The molecule has 1 atom stereocenters. The Kier molecular flexibility index (Phi) is 8.19. The van der Waals surface area contributed by atoms with E-state index < -0.39 is 12.1 Å². The highest BCUT2D eigenvalue weighted by molar-refractivity contribution is 6.08. The average Bonchev–Trinajstić information content (AvgIpc) is 2.83. The van der Waals surface area contributed by atoms with E-state index in [2.05, 4.69) is 11.8 Å². The van der Waals surface area contributed by atoms with Crippen molar-refractivity contribution in [2.75, 3.05) is 13.7 Å². The van der Waals surface area contributed by atoms with E-state index in [1.807, 2.05) is 42.5 Å². The summed E-state index contributed by atoms with van der Waals surface area (Å²) >= 11 is 0. The molecule has 5 heteroatoms. The van der Waals surface area contributed by atoms with Gasteiger partial charge in [-0.3, -0.25) is 4.79 Å². The number of carbonyl (C=O) groups is 2. The predicted molar refractivity (Wildman–Crippen MR) is 122 cm³/mol. The van der Waals surface area contributed by atoms with Crippen molar-refractivity contribution in [3.05, 3.63) is 101 Å². The molecule has 5 nitrogen and oxygen atoms in total. The second kappa shape index (κ2) is 11.5. The van der Waals surface area contributed by atoms with Crippen molar-refractivity contribution in [3.8, 4) is 17.6 Å². The van der Waals surface area contributed by atoms with Gasteiger partial charge >= 0.3 is 5.97 Å². The van der Waals surface area contributed by atoms with E-state index in [0.29, 0.717) is 36.3 Å².